The average Bonchev–Trinajstić information content (AvgIpc) is 2.37. The monoisotopic (exact) mass is 251 g/mol. The van der Waals surface area contributed by atoms with Crippen molar-refractivity contribution in [2.24, 2.45) is 0 Å². The van der Waals surface area contributed by atoms with Gasteiger partial charge in [0.05, 0.1) is 18.8 Å². The molecule has 0 aromatic heterocycles. The molecule has 0 fully saturated rings. The second-order valence-corrected chi connectivity index (χ2v) is 4.97. The number of amides is 1. The van der Waals surface area contributed by atoms with Gasteiger partial charge in [0.2, 0.25) is 0 Å². The molecule has 0 aliphatic rings. The highest BCUT2D eigenvalue weighted by atomic mass is 16.5. The molecule has 0 saturated heterocycles. The summed E-state index contributed by atoms with van der Waals surface area (Å²) >= 11 is 0. The Kier molecular flexibility index (Phi) is 4.87. The van der Waals surface area contributed by atoms with Crippen molar-refractivity contribution < 1.29 is 14.6 Å². The van der Waals surface area contributed by atoms with Crippen LogP contribution in [0.5, 0.6) is 0 Å². The summed E-state index contributed by atoms with van der Waals surface area (Å²) in [6.07, 6.45) is 0. The number of hydrogen-bond donors (Lipinski definition) is 1. The Morgan fingerprint density at radius 1 is 1.44 bits per heavy atom. The Labute approximate surface area is 108 Å². The molecule has 1 aromatic carbocycles. The summed E-state index contributed by atoms with van der Waals surface area (Å²) in [6, 6.07) is 7.33. The van der Waals surface area contributed by atoms with Crippen LogP contribution in [0.1, 0.15) is 29.8 Å². The smallest absolute Gasteiger partial charge is 0.254 e. The quantitative estimate of drug-likeness (QED) is 0.866. The first-order chi connectivity index (χ1) is 8.42. The van der Waals surface area contributed by atoms with Crippen LogP contribution in [-0.2, 0) is 11.3 Å². The van der Waals surface area contributed by atoms with Crippen molar-refractivity contribution in [2.45, 2.75) is 26.0 Å². The van der Waals surface area contributed by atoms with Gasteiger partial charge in [0, 0.05) is 19.7 Å². The SMILES string of the molecule is COCc1cccc(C(=O)N(C)C(C)(C)CO)c1. The fourth-order valence-corrected chi connectivity index (χ4v) is 1.54. The summed E-state index contributed by atoms with van der Waals surface area (Å²) < 4.78 is 5.05. The highest BCUT2D eigenvalue weighted by Crippen LogP contribution is 2.16. The van der Waals surface area contributed by atoms with Crippen LogP contribution < -0.4 is 0 Å². The predicted molar refractivity (Wildman–Crippen MR) is 70.4 cm³/mol. The largest absolute Gasteiger partial charge is 0.394 e. The fourth-order valence-electron chi connectivity index (χ4n) is 1.54. The van der Waals surface area contributed by atoms with Crippen LogP contribution >= 0.6 is 0 Å². The van der Waals surface area contributed by atoms with Crippen molar-refractivity contribution in [1.82, 2.24) is 4.90 Å². The average molecular weight is 251 g/mol. The van der Waals surface area contributed by atoms with Crippen molar-refractivity contribution in [2.75, 3.05) is 20.8 Å². The van der Waals surface area contributed by atoms with Crippen LogP contribution in [0, 0.1) is 0 Å². The van der Waals surface area contributed by atoms with E-state index in [4.69, 9.17) is 4.74 Å². The second kappa shape index (κ2) is 5.98. The summed E-state index contributed by atoms with van der Waals surface area (Å²) in [6.45, 7) is 4.05. The lowest BCUT2D eigenvalue weighted by atomic mass is 10.0. The molecule has 0 heterocycles. The molecule has 1 aromatic rings. The molecule has 1 rings (SSSR count). The number of methoxy groups -OCH3 is 1. The molecule has 100 valence electrons. The zero-order chi connectivity index (χ0) is 13.8. The van der Waals surface area contributed by atoms with Crippen LogP contribution in [-0.4, -0.2) is 42.2 Å². The number of aliphatic hydroxyl groups excluding tert-OH is 1. The maximum Gasteiger partial charge on any atom is 0.254 e. The summed E-state index contributed by atoms with van der Waals surface area (Å²) in [5, 5.41) is 9.29. The van der Waals surface area contributed by atoms with Gasteiger partial charge < -0.3 is 14.7 Å². The van der Waals surface area contributed by atoms with E-state index in [2.05, 4.69) is 0 Å². The molecule has 18 heavy (non-hydrogen) atoms. The first-order valence-corrected chi connectivity index (χ1v) is 5.89. The first-order valence-electron chi connectivity index (χ1n) is 5.89. The Hall–Kier alpha value is -1.39. The Morgan fingerprint density at radius 2 is 2.11 bits per heavy atom. The first kappa shape index (κ1) is 14.7. The standard InChI is InChI=1S/C14H21NO3/c1-14(2,10-16)15(3)13(17)12-7-5-6-11(8-12)9-18-4/h5-8,16H,9-10H2,1-4H3. The number of aliphatic hydroxyl groups is 1. The molecule has 0 bridgehead atoms. The zero-order valence-corrected chi connectivity index (χ0v) is 11.4. The second-order valence-electron chi connectivity index (χ2n) is 4.97. The van der Waals surface area contributed by atoms with Gasteiger partial charge in [0.25, 0.3) is 5.91 Å². The number of likely N-dealkylation sites (N-methyl/N-ethyl adjacent to an activating group) is 1. The van der Waals surface area contributed by atoms with E-state index in [0.29, 0.717) is 12.2 Å². The summed E-state index contributed by atoms with van der Waals surface area (Å²) in [5.41, 5.74) is 0.987. The summed E-state index contributed by atoms with van der Waals surface area (Å²) in [4.78, 5) is 13.8. The molecule has 0 atom stereocenters. The molecule has 0 radical (unpaired) electrons. The van der Waals surface area contributed by atoms with E-state index in [1.54, 1.807) is 25.1 Å². The lowest BCUT2D eigenvalue weighted by Gasteiger charge is -2.34. The molecule has 4 nitrogen and oxygen atoms in total. The lowest BCUT2D eigenvalue weighted by molar-refractivity contribution is 0.0473. The minimum atomic E-state index is -0.575. The van der Waals surface area contributed by atoms with Crippen molar-refractivity contribution in [3.8, 4) is 0 Å². The van der Waals surface area contributed by atoms with Gasteiger partial charge in [-0.05, 0) is 31.5 Å². The minimum Gasteiger partial charge on any atom is -0.394 e. The molecule has 0 saturated carbocycles. The topological polar surface area (TPSA) is 49.8 Å². The number of carbonyl (C=O) groups excluding carboxylic acids is 1. The molecule has 1 N–H and O–H groups in total. The minimum absolute atomic E-state index is 0.0764. The predicted octanol–water partition coefficient (Wildman–Crippen LogP) is 1.68. The van der Waals surface area contributed by atoms with Crippen molar-refractivity contribution in [3.05, 3.63) is 35.4 Å². The molecular weight excluding hydrogens is 230 g/mol. The lowest BCUT2D eigenvalue weighted by Crippen LogP contribution is -2.47. The molecular formula is C14H21NO3. The van der Waals surface area contributed by atoms with E-state index in [1.807, 2.05) is 32.0 Å². The van der Waals surface area contributed by atoms with Crippen LogP contribution in [0.3, 0.4) is 0 Å². The maximum absolute atomic E-state index is 12.3. The van der Waals surface area contributed by atoms with Gasteiger partial charge in [0.15, 0.2) is 0 Å². The van der Waals surface area contributed by atoms with Crippen molar-refractivity contribution >= 4 is 5.91 Å². The van der Waals surface area contributed by atoms with Crippen LogP contribution in [0.4, 0.5) is 0 Å². The van der Waals surface area contributed by atoms with Gasteiger partial charge in [-0.15, -0.1) is 0 Å². The van der Waals surface area contributed by atoms with Crippen LogP contribution in [0.25, 0.3) is 0 Å². The molecule has 0 aliphatic heterocycles. The fraction of sp³-hybridized carbons (Fsp3) is 0.500. The van der Waals surface area contributed by atoms with Gasteiger partial charge in [0.1, 0.15) is 0 Å². The van der Waals surface area contributed by atoms with Crippen LogP contribution in [0.2, 0.25) is 0 Å². The number of rotatable bonds is 5. The zero-order valence-electron chi connectivity index (χ0n) is 11.4. The number of carbonyl (C=O) groups is 1. The van der Waals surface area contributed by atoms with Gasteiger partial charge in [-0.1, -0.05) is 12.1 Å². The van der Waals surface area contributed by atoms with Crippen molar-refractivity contribution in [1.29, 1.82) is 0 Å². The van der Waals surface area contributed by atoms with Crippen LogP contribution in [0.15, 0.2) is 24.3 Å². The number of nitrogens with zero attached hydrogens (tertiary/aromatic N) is 1. The summed E-state index contributed by atoms with van der Waals surface area (Å²) in [5.74, 6) is -0.105. The Balaban J connectivity index is 2.93. The molecule has 0 unspecified atom stereocenters. The van der Waals surface area contributed by atoms with Gasteiger partial charge >= 0.3 is 0 Å². The third-order valence-electron chi connectivity index (χ3n) is 3.08. The number of hydrogen-bond acceptors (Lipinski definition) is 3. The normalized spacial score (nSPS) is 11.4. The van der Waals surface area contributed by atoms with Gasteiger partial charge in [-0.3, -0.25) is 4.79 Å². The molecule has 0 aliphatic carbocycles. The molecule has 4 heteroatoms. The van der Waals surface area contributed by atoms with Gasteiger partial charge in [-0.2, -0.15) is 0 Å². The van der Waals surface area contributed by atoms with E-state index in [-0.39, 0.29) is 12.5 Å². The third kappa shape index (κ3) is 3.31. The number of ether oxygens (including phenoxy) is 1. The Morgan fingerprint density at radius 3 is 2.67 bits per heavy atom. The number of benzene rings is 1. The van der Waals surface area contributed by atoms with Gasteiger partial charge in [-0.25, -0.2) is 0 Å². The van der Waals surface area contributed by atoms with E-state index in [1.165, 1.54) is 0 Å². The van der Waals surface area contributed by atoms with E-state index >= 15 is 0 Å². The van der Waals surface area contributed by atoms with E-state index < -0.39 is 5.54 Å². The van der Waals surface area contributed by atoms with E-state index in [0.717, 1.165) is 5.56 Å². The highest BCUT2D eigenvalue weighted by molar-refractivity contribution is 5.94. The Bertz CT molecular complexity index is 415. The van der Waals surface area contributed by atoms with Crippen molar-refractivity contribution in [3.63, 3.8) is 0 Å². The molecule has 1 amide bonds. The summed E-state index contributed by atoms with van der Waals surface area (Å²) in [7, 11) is 3.32. The highest BCUT2D eigenvalue weighted by Gasteiger charge is 2.27. The van der Waals surface area contributed by atoms with E-state index in [9.17, 15) is 9.90 Å². The third-order valence-corrected chi connectivity index (χ3v) is 3.08. The molecule has 0 spiro atoms. The maximum atomic E-state index is 12.3.